The van der Waals surface area contributed by atoms with Gasteiger partial charge in [-0.3, -0.25) is 0 Å². The van der Waals surface area contributed by atoms with Crippen LogP contribution in [0.1, 0.15) is 12.1 Å². The maximum absolute atomic E-state index is 12.2. The van der Waals surface area contributed by atoms with Crippen LogP contribution in [0.5, 0.6) is 0 Å². The fourth-order valence-corrected chi connectivity index (χ4v) is 3.45. The van der Waals surface area contributed by atoms with E-state index in [1.54, 1.807) is 13.2 Å². The summed E-state index contributed by atoms with van der Waals surface area (Å²) in [6.07, 6.45) is 2.22. The Labute approximate surface area is 101 Å². The summed E-state index contributed by atoms with van der Waals surface area (Å²) >= 11 is 0. The number of hydrogen-bond donors (Lipinski definition) is 2. The molecule has 1 aliphatic rings. The number of nitrogens with two attached hydrogens (primary N) is 1. The molecule has 17 heavy (non-hydrogen) atoms. The zero-order valence-corrected chi connectivity index (χ0v) is 10.5. The van der Waals surface area contributed by atoms with Gasteiger partial charge in [0.2, 0.25) is 10.0 Å². The van der Waals surface area contributed by atoms with E-state index in [0.717, 1.165) is 6.42 Å². The molecule has 2 rings (SSSR count). The van der Waals surface area contributed by atoms with E-state index < -0.39 is 10.0 Å². The highest BCUT2D eigenvalue weighted by Crippen LogP contribution is 2.22. The number of hydrogen-bond acceptors (Lipinski definition) is 4. The Hall–Kier alpha value is -0.890. The van der Waals surface area contributed by atoms with E-state index in [0.29, 0.717) is 25.3 Å². The smallest absolute Gasteiger partial charge is 0.244 e. The van der Waals surface area contributed by atoms with Gasteiger partial charge in [-0.2, -0.15) is 4.31 Å². The molecule has 6 nitrogen and oxygen atoms in total. The van der Waals surface area contributed by atoms with Crippen LogP contribution in [0.15, 0.2) is 17.2 Å². The molecule has 3 N–H and O–H groups in total. The highest BCUT2D eigenvalue weighted by atomic mass is 32.2. The number of aromatic amines is 1. The summed E-state index contributed by atoms with van der Waals surface area (Å²) in [6, 6.07) is 1.58. The quantitative estimate of drug-likeness (QED) is 0.789. The van der Waals surface area contributed by atoms with E-state index >= 15 is 0 Å². The molecular weight excluding hydrogens is 242 g/mol. The monoisotopic (exact) mass is 259 g/mol. The highest BCUT2D eigenvalue weighted by molar-refractivity contribution is 7.89. The summed E-state index contributed by atoms with van der Waals surface area (Å²) in [5, 5.41) is 0. The van der Waals surface area contributed by atoms with E-state index in [2.05, 4.69) is 4.98 Å². The zero-order valence-electron chi connectivity index (χ0n) is 9.72. The van der Waals surface area contributed by atoms with Gasteiger partial charge in [0.25, 0.3) is 0 Å². The lowest BCUT2D eigenvalue weighted by atomic mass is 10.3. The third-order valence-corrected chi connectivity index (χ3v) is 4.86. The van der Waals surface area contributed by atoms with E-state index in [4.69, 9.17) is 10.5 Å². The van der Waals surface area contributed by atoms with Crippen molar-refractivity contribution >= 4 is 10.0 Å². The van der Waals surface area contributed by atoms with Crippen LogP contribution in [0.25, 0.3) is 0 Å². The molecular formula is C10H17N3O3S. The number of aromatic nitrogens is 1. The maximum Gasteiger partial charge on any atom is 0.244 e. The van der Waals surface area contributed by atoms with Crippen molar-refractivity contribution in [3.63, 3.8) is 0 Å². The third-order valence-electron chi connectivity index (χ3n) is 3.02. The minimum atomic E-state index is -3.40. The molecule has 0 radical (unpaired) electrons. The Morgan fingerprint density at radius 2 is 2.41 bits per heavy atom. The van der Waals surface area contributed by atoms with Gasteiger partial charge in [0.15, 0.2) is 0 Å². The van der Waals surface area contributed by atoms with Gasteiger partial charge in [0.1, 0.15) is 0 Å². The SMILES string of the molecule is COC1CCN(S(=O)(=O)c2c[nH]c(CN)c2)C1. The molecule has 2 heterocycles. The molecule has 0 amide bonds. The number of sulfonamides is 1. The van der Waals surface area contributed by atoms with Crippen molar-refractivity contribution in [1.29, 1.82) is 0 Å². The molecule has 0 bridgehead atoms. The number of H-pyrrole nitrogens is 1. The molecule has 7 heteroatoms. The van der Waals surface area contributed by atoms with Crippen LogP contribution in [0.4, 0.5) is 0 Å². The molecule has 0 saturated carbocycles. The Morgan fingerprint density at radius 3 is 2.94 bits per heavy atom. The predicted molar refractivity (Wildman–Crippen MR) is 62.9 cm³/mol. The first kappa shape index (κ1) is 12.6. The molecule has 1 fully saturated rings. The molecule has 1 aromatic rings. The van der Waals surface area contributed by atoms with Crippen LogP contribution in [-0.4, -0.2) is 44.0 Å². The third kappa shape index (κ3) is 2.37. The number of methoxy groups -OCH3 is 1. The van der Waals surface area contributed by atoms with E-state index in [9.17, 15) is 8.42 Å². The van der Waals surface area contributed by atoms with Crippen molar-refractivity contribution in [3.05, 3.63) is 18.0 Å². The van der Waals surface area contributed by atoms with Gasteiger partial charge in [0, 0.05) is 38.6 Å². The standard InChI is InChI=1S/C10H17N3O3S/c1-16-9-2-3-13(7-9)17(14,15)10-4-8(5-11)12-6-10/h4,6,9,12H,2-3,5,7,11H2,1H3. The number of rotatable bonds is 4. The second-order valence-corrected chi connectivity index (χ2v) is 6.01. The van der Waals surface area contributed by atoms with Crippen LogP contribution in [0, 0.1) is 0 Å². The average Bonchev–Trinajstić information content (AvgIpc) is 2.98. The van der Waals surface area contributed by atoms with Crippen LogP contribution >= 0.6 is 0 Å². The highest BCUT2D eigenvalue weighted by Gasteiger charge is 2.32. The van der Waals surface area contributed by atoms with Crippen LogP contribution < -0.4 is 5.73 Å². The predicted octanol–water partition coefficient (Wildman–Crippen LogP) is -0.117. The normalized spacial score (nSPS) is 22.1. The topological polar surface area (TPSA) is 88.4 Å². The van der Waals surface area contributed by atoms with Gasteiger partial charge in [-0.05, 0) is 12.5 Å². The summed E-state index contributed by atoms with van der Waals surface area (Å²) in [6.45, 7) is 1.22. The van der Waals surface area contributed by atoms with Crippen molar-refractivity contribution in [2.75, 3.05) is 20.2 Å². The van der Waals surface area contributed by atoms with Gasteiger partial charge in [0.05, 0.1) is 11.0 Å². The Balaban J connectivity index is 2.19. The zero-order chi connectivity index (χ0) is 12.5. The molecule has 1 unspecified atom stereocenters. The van der Waals surface area contributed by atoms with Crippen molar-refractivity contribution in [2.24, 2.45) is 5.73 Å². The van der Waals surface area contributed by atoms with Crippen LogP contribution in [0.3, 0.4) is 0 Å². The molecule has 1 aromatic heterocycles. The Bertz CT molecular complexity index is 483. The van der Waals surface area contributed by atoms with Gasteiger partial charge in [-0.1, -0.05) is 0 Å². The average molecular weight is 259 g/mol. The van der Waals surface area contributed by atoms with Crippen LogP contribution in [-0.2, 0) is 21.3 Å². The fraction of sp³-hybridized carbons (Fsp3) is 0.600. The minimum absolute atomic E-state index is 0.00213. The van der Waals surface area contributed by atoms with Gasteiger partial charge >= 0.3 is 0 Å². The van der Waals surface area contributed by atoms with Gasteiger partial charge in [-0.15, -0.1) is 0 Å². The summed E-state index contributed by atoms with van der Waals surface area (Å²) < 4.78 is 31.1. The van der Waals surface area contributed by atoms with Crippen molar-refractivity contribution < 1.29 is 13.2 Å². The molecule has 0 spiro atoms. The van der Waals surface area contributed by atoms with E-state index in [-0.39, 0.29) is 11.0 Å². The lowest BCUT2D eigenvalue weighted by Crippen LogP contribution is -2.29. The number of ether oxygens (including phenoxy) is 1. The number of nitrogens with zero attached hydrogens (tertiary/aromatic N) is 1. The summed E-state index contributed by atoms with van der Waals surface area (Å²) in [7, 11) is -1.80. The van der Waals surface area contributed by atoms with Crippen molar-refractivity contribution in [2.45, 2.75) is 24.0 Å². The molecule has 1 saturated heterocycles. The molecule has 0 aliphatic carbocycles. The molecule has 1 aliphatic heterocycles. The first-order chi connectivity index (χ1) is 8.07. The summed E-state index contributed by atoms with van der Waals surface area (Å²) in [5.41, 5.74) is 6.16. The van der Waals surface area contributed by atoms with Crippen molar-refractivity contribution in [3.8, 4) is 0 Å². The lowest BCUT2D eigenvalue weighted by Gasteiger charge is -2.14. The lowest BCUT2D eigenvalue weighted by molar-refractivity contribution is 0.115. The molecule has 1 atom stereocenters. The van der Waals surface area contributed by atoms with Crippen molar-refractivity contribution in [1.82, 2.24) is 9.29 Å². The summed E-state index contributed by atoms with van der Waals surface area (Å²) in [5.74, 6) is 0. The Kier molecular flexibility index (Phi) is 3.53. The van der Waals surface area contributed by atoms with Gasteiger partial charge < -0.3 is 15.5 Å². The minimum Gasteiger partial charge on any atom is -0.380 e. The number of nitrogens with one attached hydrogen (secondary N) is 1. The maximum atomic E-state index is 12.2. The van der Waals surface area contributed by atoms with E-state index in [1.807, 2.05) is 0 Å². The van der Waals surface area contributed by atoms with Crippen LogP contribution in [0.2, 0.25) is 0 Å². The first-order valence-electron chi connectivity index (χ1n) is 5.48. The summed E-state index contributed by atoms with van der Waals surface area (Å²) in [4.78, 5) is 3.12. The molecule has 0 aromatic carbocycles. The fourth-order valence-electron chi connectivity index (χ4n) is 1.94. The second-order valence-electron chi connectivity index (χ2n) is 4.07. The molecule has 96 valence electrons. The second kappa shape index (κ2) is 4.77. The van der Waals surface area contributed by atoms with Gasteiger partial charge in [-0.25, -0.2) is 8.42 Å². The largest absolute Gasteiger partial charge is 0.380 e. The van der Waals surface area contributed by atoms with E-state index in [1.165, 1.54) is 10.5 Å². The Morgan fingerprint density at radius 1 is 1.65 bits per heavy atom. The first-order valence-corrected chi connectivity index (χ1v) is 6.92.